The molecule has 1 atom stereocenters. The Balaban J connectivity index is 1.48. The standard InChI is InChI=1S/C18H20N2O4/c21-15(14-6-7-16-17(10-14)24-9-8-23-16)12-20-18(22)19-11-13-4-2-1-3-5-13/h1-7,10,15,21H,8-9,11-12H2,(H2,19,20,22). The van der Waals surface area contributed by atoms with Crippen molar-refractivity contribution in [3.8, 4) is 11.5 Å². The molecule has 0 aliphatic carbocycles. The molecule has 0 saturated carbocycles. The summed E-state index contributed by atoms with van der Waals surface area (Å²) in [7, 11) is 0. The van der Waals surface area contributed by atoms with Crippen LogP contribution in [0.5, 0.6) is 11.5 Å². The smallest absolute Gasteiger partial charge is 0.315 e. The summed E-state index contributed by atoms with van der Waals surface area (Å²) in [6, 6.07) is 14.6. The van der Waals surface area contributed by atoms with Gasteiger partial charge in [0, 0.05) is 13.1 Å². The van der Waals surface area contributed by atoms with Gasteiger partial charge in [0.2, 0.25) is 0 Å². The fourth-order valence-electron chi connectivity index (χ4n) is 2.42. The van der Waals surface area contributed by atoms with Gasteiger partial charge in [0.05, 0.1) is 6.10 Å². The molecule has 1 aliphatic rings. The van der Waals surface area contributed by atoms with Crippen molar-refractivity contribution in [2.75, 3.05) is 19.8 Å². The molecular weight excluding hydrogens is 308 g/mol. The first kappa shape index (κ1) is 16.1. The second kappa shape index (κ2) is 7.70. The van der Waals surface area contributed by atoms with Gasteiger partial charge < -0.3 is 25.2 Å². The van der Waals surface area contributed by atoms with E-state index in [1.165, 1.54) is 0 Å². The third-order valence-electron chi connectivity index (χ3n) is 3.70. The van der Waals surface area contributed by atoms with Gasteiger partial charge in [-0.3, -0.25) is 0 Å². The third kappa shape index (κ3) is 4.17. The van der Waals surface area contributed by atoms with Gasteiger partial charge in [0.1, 0.15) is 13.2 Å². The number of fused-ring (bicyclic) bond motifs is 1. The molecule has 0 bridgehead atoms. The predicted octanol–water partition coefficient (Wildman–Crippen LogP) is 1.99. The zero-order chi connectivity index (χ0) is 16.8. The molecule has 0 fully saturated rings. The van der Waals surface area contributed by atoms with Crippen molar-refractivity contribution in [2.24, 2.45) is 0 Å². The number of carbonyl (C=O) groups is 1. The van der Waals surface area contributed by atoms with Crippen molar-refractivity contribution in [1.29, 1.82) is 0 Å². The zero-order valence-corrected chi connectivity index (χ0v) is 13.2. The lowest BCUT2D eigenvalue weighted by Crippen LogP contribution is -2.37. The number of urea groups is 1. The number of nitrogens with one attached hydrogen (secondary N) is 2. The molecule has 6 heteroatoms. The number of hydrogen-bond acceptors (Lipinski definition) is 4. The number of aliphatic hydroxyl groups excluding tert-OH is 1. The maximum atomic E-state index is 11.8. The average Bonchev–Trinajstić information content (AvgIpc) is 2.65. The number of hydrogen-bond donors (Lipinski definition) is 3. The molecule has 3 rings (SSSR count). The lowest BCUT2D eigenvalue weighted by molar-refractivity contribution is 0.163. The van der Waals surface area contributed by atoms with Gasteiger partial charge in [-0.1, -0.05) is 36.4 Å². The minimum absolute atomic E-state index is 0.111. The first-order valence-corrected chi connectivity index (χ1v) is 7.85. The van der Waals surface area contributed by atoms with Crippen molar-refractivity contribution in [3.63, 3.8) is 0 Å². The topological polar surface area (TPSA) is 79.8 Å². The summed E-state index contributed by atoms with van der Waals surface area (Å²) in [5.74, 6) is 1.29. The summed E-state index contributed by atoms with van der Waals surface area (Å²) in [4.78, 5) is 11.8. The number of aliphatic hydroxyl groups is 1. The van der Waals surface area contributed by atoms with Gasteiger partial charge in [0.15, 0.2) is 11.5 Å². The van der Waals surface area contributed by atoms with E-state index in [0.717, 1.165) is 5.56 Å². The summed E-state index contributed by atoms with van der Waals surface area (Å²) < 4.78 is 10.9. The Morgan fingerprint density at radius 1 is 1.04 bits per heavy atom. The molecular formula is C18H20N2O4. The Morgan fingerprint density at radius 3 is 2.58 bits per heavy atom. The largest absolute Gasteiger partial charge is 0.486 e. The van der Waals surface area contributed by atoms with E-state index in [-0.39, 0.29) is 12.6 Å². The molecule has 0 spiro atoms. The maximum absolute atomic E-state index is 11.8. The van der Waals surface area contributed by atoms with Crippen LogP contribution in [0.2, 0.25) is 0 Å². The highest BCUT2D eigenvalue weighted by atomic mass is 16.6. The van der Waals surface area contributed by atoms with E-state index in [2.05, 4.69) is 10.6 Å². The second-order valence-electron chi connectivity index (χ2n) is 5.47. The highest BCUT2D eigenvalue weighted by molar-refractivity contribution is 5.73. The van der Waals surface area contributed by atoms with Crippen LogP contribution >= 0.6 is 0 Å². The lowest BCUT2D eigenvalue weighted by Gasteiger charge is -2.20. The van der Waals surface area contributed by atoms with Gasteiger partial charge >= 0.3 is 6.03 Å². The van der Waals surface area contributed by atoms with Crippen molar-refractivity contribution in [3.05, 3.63) is 59.7 Å². The normalized spacial score (nSPS) is 13.9. The molecule has 1 unspecified atom stereocenters. The molecule has 6 nitrogen and oxygen atoms in total. The van der Waals surface area contributed by atoms with Gasteiger partial charge in [-0.05, 0) is 23.3 Å². The third-order valence-corrected chi connectivity index (χ3v) is 3.70. The minimum Gasteiger partial charge on any atom is -0.486 e. The Hall–Kier alpha value is -2.73. The lowest BCUT2D eigenvalue weighted by atomic mass is 10.1. The predicted molar refractivity (Wildman–Crippen MR) is 89.1 cm³/mol. The van der Waals surface area contributed by atoms with Crippen LogP contribution in [0.3, 0.4) is 0 Å². The van der Waals surface area contributed by atoms with E-state index in [1.807, 2.05) is 30.3 Å². The van der Waals surface area contributed by atoms with Crippen LogP contribution in [0.1, 0.15) is 17.2 Å². The number of amides is 2. The molecule has 24 heavy (non-hydrogen) atoms. The van der Waals surface area contributed by atoms with Gasteiger partial charge in [-0.15, -0.1) is 0 Å². The molecule has 126 valence electrons. The summed E-state index contributed by atoms with van der Waals surface area (Å²) in [6.07, 6.45) is -0.816. The number of carbonyl (C=O) groups excluding carboxylic acids is 1. The summed E-state index contributed by atoms with van der Waals surface area (Å²) >= 11 is 0. The van der Waals surface area contributed by atoms with Crippen LogP contribution in [0.25, 0.3) is 0 Å². The van der Waals surface area contributed by atoms with Crippen molar-refractivity contribution in [1.82, 2.24) is 10.6 Å². The fourth-order valence-corrected chi connectivity index (χ4v) is 2.42. The Labute approximate surface area is 140 Å². The van der Waals surface area contributed by atoms with E-state index < -0.39 is 6.10 Å². The zero-order valence-electron chi connectivity index (χ0n) is 13.2. The molecule has 0 radical (unpaired) electrons. The first-order chi connectivity index (χ1) is 11.7. The highest BCUT2D eigenvalue weighted by Gasteiger charge is 2.16. The van der Waals surface area contributed by atoms with Crippen molar-refractivity contribution >= 4 is 6.03 Å². The van der Waals surface area contributed by atoms with Crippen molar-refractivity contribution in [2.45, 2.75) is 12.6 Å². The maximum Gasteiger partial charge on any atom is 0.315 e. The molecule has 1 aliphatic heterocycles. The average molecular weight is 328 g/mol. The van der Waals surface area contributed by atoms with E-state index in [4.69, 9.17) is 9.47 Å². The van der Waals surface area contributed by atoms with Gasteiger partial charge in [0.25, 0.3) is 0 Å². The van der Waals surface area contributed by atoms with Crippen molar-refractivity contribution < 1.29 is 19.4 Å². The van der Waals surface area contributed by atoms with Crippen LogP contribution in [0, 0.1) is 0 Å². The van der Waals surface area contributed by atoms with Gasteiger partial charge in [-0.2, -0.15) is 0 Å². The fraction of sp³-hybridized carbons (Fsp3) is 0.278. The Bertz CT molecular complexity index is 691. The SMILES string of the molecule is O=C(NCc1ccccc1)NCC(O)c1ccc2c(c1)OCCO2. The molecule has 1 heterocycles. The van der Waals surface area contributed by atoms with E-state index in [1.54, 1.807) is 18.2 Å². The number of ether oxygens (including phenoxy) is 2. The highest BCUT2D eigenvalue weighted by Crippen LogP contribution is 2.32. The van der Waals surface area contributed by atoms with Crippen LogP contribution in [0.4, 0.5) is 4.79 Å². The van der Waals surface area contributed by atoms with E-state index in [0.29, 0.717) is 36.8 Å². The first-order valence-electron chi connectivity index (χ1n) is 7.85. The second-order valence-corrected chi connectivity index (χ2v) is 5.47. The van der Waals surface area contributed by atoms with E-state index in [9.17, 15) is 9.90 Å². The summed E-state index contributed by atoms with van der Waals surface area (Å²) in [6.45, 7) is 1.57. The molecule has 0 aromatic heterocycles. The Morgan fingerprint density at radius 2 is 1.79 bits per heavy atom. The monoisotopic (exact) mass is 328 g/mol. The minimum atomic E-state index is -0.816. The summed E-state index contributed by atoms with van der Waals surface area (Å²) in [5.41, 5.74) is 1.68. The number of rotatable bonds is 5. The number of benzene rings is 2. The quantitative estimate of drug-likeness (QED) is 0.784. The Kier molecular flexibility index (Phi) is 5.18. The van der Waals surface area contributed by atoms with Crippen LogP contribution in [-0.2, 0) is 6.54 Å². The summed E-state index contributed by atoms with van der Waals surface area (Å²) in [5, 5.41) is 15.6. The van der Waals surface area contributed by atoms with Gasteiger partial charge in [-0.25, -0.2) is 4.79 Å². The molecule has 2 amide bonds. The van der Waals surface area contributed by atoms with Crippen LogP contribution in [0.15, 0.2) is 48.5 Å². The molecule has 2 aromatic carbocycles. The van der Waals surface area contributed by atoms with Crippen LogP contribution < -0.4 is 20.1 Å². The molecule has 0 saturated heterocycles. The van der Waals surface area contributed by atoms with E-state index >= 15 is 0 Å². The van der Waals surface area contributed by atoms with Crippen LogP contribution in [-0.4, -0.2) is 30.9 Å². The molecule has 3 N–H and O–H groups in total. The molecule has 2 aromatic rings.